The molecule has 1 aromatic carbocycles. The molecule has 3 heterocycles. The van der Waals surface area contributed by atoms with Crippen molar-refractivity contribution in [2.75, 3.05) is 13.1 Å². The molecule has 1 unspecified atom stereocenters. The number of carbonyl (C=O) groups is 1. The van der Waals surface area contributed by atoms with Crippen molar-refractivity contribution in [2.24, 2.45) is 0 Å². The van der Waals surface area contributed by atoms with E-state index in [1.807, 2.05) is 0 Å². The summed E-state index contributed by atoms with van der Waals surface area (Å²) in [4.78, 5) is 19.1. The lowest BCUT2D eigenvalue weighted by molar-refractivity contribution is -0.139. The third kappa shape index (κ3) is 4.39. The molecule has 32 heavy (non-hydrogen) atoms. The Morgan fingerprint density at radius 3 is 2.53 bits per heavy atom. The van der Waals surface area contributed by atoms with E-state index in [0.717, 1.165) is 11.1 Å². The third-order valence-electron chi connectivity index (χ3n) is 4.95. The van der Waals surface area contributed by atoms with Crippen molar-refractivity contribution < 1.29 is 31.5 Å². The Labute approximate surface area is 178 Å². The minimum Gasteiger partial charge on any atom is -0.466 e. The quantitative estimate of drug-likeness (QED) is 0.565. The molecule has 2 aromatic heterocycles. The van der Waals surface area contributed by atoms with Gasteiger partial charge in [-0.1, -0.05) is 12.1 Å². The van der Waals surface area contributed by atoms with Crippen LogP contribution in [0.25, 0.3) is 5.69 Å². The molecule has 1 saturated heterocycles. The number of ether oxygens (including phenoxy) is 1. The SMILES string of the molecule is O=C(c1ccccc1-n1nccn1)N1CCC(F)(F)C(Oc2cc(C(F)(F)F)ccn2)C1. The van der Waals surface area contributed by atoms with Crippen LogP contribution in [0.5, 0.6) is 5.88 Å². The highest BCUT2D eigenvalue weighted by atomic mass is 19.4. The molecule has 1 aliphatic rings. The van der Waals surface area contributed by atoms with Gasteiger partial charge < -0.3 is 9.64 Å². The van der Waals surface area contributed by atoms with Crippen LogP contribution in [-0.4, -0.2) is 55.9 Å². The summed E-state index contributed by atoms with van der Waals surface area (Å²) < 4.78 is 72.9. The van der Waals surface area contributed by atoms with Crippen molar-refractivity contribution in [3.8, 4) is 11.6 Å². The highest BCUT2D eigenvalue weighted by Gasteiger charge is 2.47. The summed E-state index contributed by atoms with van der Waals surface area (Å²) in [5, 5.41) is 7.97. The number of hydrogen-bond acceptors (Lipinski definition) is 5. The van der Waals surface area contributed by atoms with Crippen molar-refractivity contribution in [2.45, 2.75) is 24.6 Å². The van der Waals surface area contributed by atoms with Crippen molar-refractivity contribution in [3.05, 3.63) is 66.1 Å². The molecular formula is C20H16F5N5O2. The summed E-state index contributed by atoms with van der Waals surface area (Å²) in [6.45, 7) is -0.798. The standard InChI is InChI=1S/C20H16F5N5O2/c21-19(22)6-10-29(12-16(19)32-17-11-13(5-7-26-17)20(23,24)25)18(31)14-3-1-2-4-15(14)30-27-8-9-28-30/h1-5,7-9,11,16H,6,10,12H2. The fraction of sp³-hybridized carbons (Fsp3) is 0.300. The number of halogens is 5. The van der Waals surface area contributed by atoms with Gasteiger partial charge in [0.15, 0.2) is 6.10 Å². The van der Waals surface area contributed by atoms with E-state index in [4.69, 9.17) is 4.74 Å². The molecule has 0 aliphatic carbocycles. The van der Waals surface area contributed by atoms with E-state index in [1.165, 1.54) is 23.3 Å². The first-order valence-electron chi connectivity index (χ1n) is 9.48. The third-order valence-corrected chi connectivity index (χ3v) is 4.95. The molecule has 7 nitrogen and oxygen atoms in total. The minimum atomic E-state index is -4.68. The van der Waals surface area contributed by atoms with Gasteiger partial charge in [-0.2, -0.15) is 28.2 Å². The second-order valence-electron chi connectivity index (χ2n) is 7.08. The number of para-hydroxylation sites is 1. The van der Waals surface area contributed by atoms with Gasteiger partial charge in [-0.3, -0.25) is 4.79 Å². The number of alkyl halides is 5. The molecule has 0 N–H and O–H groups in total. The predicted molar refractivity (Wildman–Crippen MR) is 100 cm³/mol. The molecule has 0 radical (unpaired) electrons. The number of piperidine rings is 1. The van der Waals surface area contributed by atoms with E-state index in [0.29, 0.717) is 17.8 Å². The smallest absolute Gasteiger partial charge is 0.416 e. The zero-order valence-electron chi connectivity index (χ0n) is 16.3. The van der Waals surface area contributed by atoms with Gasteiger partial charge in [-0.05, 0) is 18.2 Å². The Kier molecular flexibility index (Phi) is 5.53. The lowest BCUT2D eigenvalue weighted by atomic mass is 10.0. The molecule has 1 amide bonds. The fourth-order valence-corrected chi connectivity index (χ4v) is 3.31. The average Bonchev–Trinajstić information content (AvgIpc) is 3.29. The lowest BCUT2D eigenvalue weighted by Gasteiger charge is -2.38. The summed E-state index contributed by atoms with van der Waals surface area (Å²) in [6.07, 6.45) is -3.59. The zero-order valence-corrected chi connectivity index (χ0v) is 16.3. The van der Waals surface area contributed by atoms with Crippen molar-refractivity contribution in [3.63, 3.8) is 0 Å². The first-order valence-corrected chi connectivity index (χ1v) is 9.48. The van der Waals surface area contributed by atoms with E-state index >= 15 is 0 Å². The summed E-state index contributed by atoms with van der Waals surface area (Å²) in [7, 11) is 0. The van der Waals surface area contributed by atoms with Gasteiger partial charge in [0.1, 0.15) is 0 Å². The highest BCUT2D eigenvalue weighted by Crippen LogP contribution is 2.34. The first-order chi connectivity index (χ1) is 15.1. The number of hydrogen-bond donors (Lipinski definition) is 0. The number of benzene rings is 1. The van der Waals surface area contributed by atoms with Crippen LogP contribution in [0.3, 0.4) is 0 Å². The van der Waals surface area contributed by atoms with Crippen LogP contribution in [0.2, 0.25) is 0 Å². The van der Waals surface area contributed by atoms with Crippen LogP contribution in [0, 0.1) is 0 Å². The lowest BCUT2D eigenvalue weighted by Crippen LogP contribution is -2.55. The molecule has 4 rings (SSSR count). The van der Waals surface area contributed by atoms with E-state index < -0.39 is 48.5 Å². The molecule has 168 valence electrons. The molecule has 1 fully saturated rings. The molecule has 0 bridgehead atoms. The average molecular weight is 453 g/mol. The highest BCUT2D eigenvalue weighted by molar-refractivity contribution is 5.97. The number of carbonyl (C=O) groups excluding carboxylic acids is 1. The maximum atomic E-state index is 14.5. The first kappa shape index (κ1) is 21.7. The van der Waals surface area contributed by atoms with Crippen molar-refractivity contribution in [1.82, 2.24) is 24.9 Å². The maximum Gasteiger partial charge on any atom is 0.416 e. The van der Waals surface area contributed by atoms with E-state index in [1.54, 1.807) is 18.2 Å². The Bertz CT molecular complexity index is 1100. The van der Waals surface area contributed by atoms with Gasteiger partial charge in [0, 0.05) is 25.2 Å². The summed E-state index contributed by atoms with van der Waals surface area (Å²) in [5.41, 5.74) is -0.531. The minimum absolute atomic E-state index is 0.185. The number of likely N-dealkylation sites (tertiary alicyclic amines) is 1. The maximum absolute atomic E-state index is 14.5. The van der Waals surface area contributed by atoms with E-state index in [2.05, 4.69) is 15.2 Å². The van der Waals surface area contributed by atoms with Crippen LogP contribution in [0.4, 0.5) is 22.0 Å². The topological polar surface area (TPSA) is 73.1 Å². The predicted octanol–water partition coefficient (Wildman–Crippen LogP) is 3.61. The number of amides is 1. The molecule has 1 atom stereocenters. The Morgan fingerprint density at radius 1 is 1.09 bits per heavy atom. The van der Waals surface area contributed by atoms with Crippen LogP contribution < -0.4 is 4.74 Å². The number of aromatic nitrogens is 4. The molecule has 0 spiro atoms. The van der Waals surface area contributed by atoms with E-state index in [9.17, 15) is 26.7 Å². The molecule has 12 heteroatoms. The number of nitrogens with zero attached hydrogens (tertiary/aromatic N) is 5. The number of rotatable bonds is 4. The Morgan fingerprint density at radius 2 is 1.81 bits per heavy atom. The summed E-state index contributed by atoms with van der Waals surface area (Å²) >= 11 is 0. The molecule has 1 aliphatic heterocycles. The van der Waals surface area contributed by atoms with Crippen molar-refractivity contribution in [1.29, 1.82) is 0 Å². The van der Waals surface area contributed by atoms with Crippen LogP contribution in [0.1, 0.15) is 22.3 Å². The second-order valence-corrected chi connectivity index (χ2v) is 7.08. The fourth-order valence-electron chi connectivity index (χ4n) is 3.31. The Balaban J connectivity index is 1.57. The van der Waals surface area contributed by atoms with Gasteiger partial charge >= 0.3 is 6.18 Å². The summed E-state index contributed by atoms with van der Waals surface area (Å²) in [5.74, 6) is -4.52. The normalized spacial score (nSPS) is 18.4. The monoisotopic (exact) mass is 453 g/mol. The number of pyridine rings is 1. The summed E-state index contributed by atoms with van der Waals surface area (Å²) in [6, 6.07) is 7.66. The largest absolute Gasteiger partial charge is 0.466 e. The van der Waals surface area contributed by atoms with Gasteiger partial charge in [-0.25, -0.2) is 13.8 Å². The van der Waals surface area contributed by atoms with E-state index in [-0.39, 0.29) is 12.1 Å². The Hall–Kier alpha value is -3.57. The van der Waals surface area contributed by atoms with Crippen molar-refractivity contribution >= 4 is 5.91 Å². The molecule has 3 aromatic rings. The van der Waals surface area contributed by atoms with Crippen LogP contribution in [0.15, 0.2) is 55.0 Å². The van der Waals surface area contributed by atoms with Gasteiger partial charge in [-0.15, -0.1) is 0 Å². The molecular weight excluding hydrogens is 437 g/mol. The van der Waals surface area contributed by atoms with Gasteiger partial charge in [0.05, 0.1) is 35.8 Å². The second kappa shape index (κ2) is 8.17. The van der Waals surface area contributed by atoms with Gasteiger partial charge in [0.25, 0.3) is 11.8 Å². The zero-order chi connectivity index (χ0) is 22.9. The van der Waals surface area contributed by atoms with Crippen LogP contribution >= 0.6 is 0 Å². The molecule has 0 saturated carbocycles. The van der Waals surface area contributed by atoms with Crippen LogP contribution in [-0.2, 0) is 6.18 Å². The van der Waals surface area contributed by atoms with Gasteiger partial charge in [0.2, 0.25) is 5.88 Å².